The third-order valence-corrected chi connectivity index (χ3v) is 15.7. The lowest BCUT2D eigenvalue weighted by Gasteiger charge is -2.59. The second kappa shape index (κ2) is 31.3. The molecule has 81 heavy (non-hydrogen) atoms. The highest BCUT2D eigenvalue weighted by Gasteiger charge is 2.66. The molecule has 3 N–H and O–H groups in total. The number of amides is 2. The number of allylic oxidation sites excluding steroid dienone is 1. The Hall–Kier alpha value is -7.02. The number of aliphatic hydroxyl groups is 2. The highest BCUT2D eigenvalue weighted by atomic mass is 19.1. The van der Waals surface area contributed by atoms with Crippen LogP contribution in [-0.2, 0) is 27.5 Å². The van der Waals surface area contributed by atoms with Gasteiger partial charge in [0.2, 0.25) is 5.79 Å². The van der Waals surface area contributed by atoms with E-state index in [0.29, 0.717) is 90.3 Å². The average Bonchev–Trinajstić information content (AvgIpc) is 3.66. The smallest absolute Gasteiger partial charge is 0.417 e. The topological polar surface area (TPSA) is 210 Å². The van der Waals surface area contributed by atoms with Crippen LogP contribution in [0.2, 0.25) is 0 Å². The molecule has 0 saturated heterocycles. The van der Waals surface area contributed by atoms with Gasteiger partial charge in [-0.1, -0.05) is 107 Å². The number of carbonyl (C=O) groups excluding carboxylic acids is 2. The number of rotatable bonds is 33. The van der Waals surface area contributed by atoms with Crippen molar-refractivity contribution in [2.45, 2.75) is 147 Å². The van der Waals surface area contributed by atoms with E-state index in [1.807, 2.05) is 0 Å². The first-order valence-electron chi connectivity index (χ1n) is 28.8. The molecule has 7 rings (SSSR count). The van der Waals surface area contributed by atoms with Crippen LogP contribution in [0, 0.1) is 33.7 Å². The Morgan fingerprint density at radius 1 is 0.852 bits per heavy atom. The third-order valence-electron chi connectivity index (χ3n) is 15.7. The fourth-order valence-electron chi connectivity index (χ4n) is 11.7. The quantitative estimate of drug-likeness (QED) is 0.0176. The SMILES string of the molecule is C=CCO[C@@]12Oc3ccc(OC(=O)Nc4ccc(OC)cc4OC)cc3[C@H]3[C@H](CCCCO)[C@@H](CCCCO)C=C(C(=NOCc4ccc([N+](=O)[O-])cc4)C[C@@H]1N(Cc1ccc(F)cc1)C(=O)OCCCCCCCCCCCC)[C@H]32. The number of ether oxygens (including phenoxy) is 6. The number of non-ortho nitro benzene ring substituents is 1. The van der Waals surface area contributed by atoms with Gasteiger partial charge in [0.05, 0.1) is 49.7 Å². The summed E-state index contributed by atoms with van der Waals surface area (Å²) in [5.41, 5.74) is 3.49. The van der Waals surface area contributed by atoms with Crippen LogP contribution in [-0.4, -0.2) is 90.4 Å². The number of halogens is 1. The number of nitro groups is 1. The van der Waals surface area contributed by atoms with E-state index >= 15 is 4.79 Å². The number of hydrogen-bond acceptors (Lipinski definition) is 14. The van der Waals surface area contributed by atoms with Crippen LogP contribution in [0.5, 0.6) is 23.0 Å². The first-order valence-corrected chi connectivity index (χ1v) is 28.8. The van der Waals surface area contributed by atoms with Gasteiger partial charge in [-0.3, -0.25) is 20.3 Å². The van der Waals surface area contributed by atoms with Crippen LogP contribution < -0.4 is 24.3 Å². The van der Waals surface area contributed by atoms with E-state index in [9.17, 15) is 29.5 Å². The number of methoxy groups -OCH3 is 2. The van der Waals surface area contributed by atoms with Gasteiger partial charge < -0.3 is 43.5 Å². The maximum atomic E-state index is 15.2. The zero-order valence-corrected chi connectivity index (χ0v) is 47.2. The molecule has 18 heteroatoms. The summed E-state index contributed by atoms with van der Waals surface area (Å²) in [5.74, 6) is -2.10. The molecule has 0 spiro atoms. The fraction of sp³-hybridized carbons (Fsp3) is 0.508. The number of oxime groups is 1. The molecule has 3 aliphatic rings. The molecule has 0 unspecified atom stereocenters. The number of hydrogen-bond donors (Lipinski definition) is 3. The number of carbonyl (C=O) groups is 2. The number of nitro benzene ring substituents is 1. The maximum absolute atomic E-state index is 15.2. The summed E-state index contributed by atoms with van der Waals surface area (Å²) in [4.78, 5) is 47.9. The molecular formula is C63H81FN4O13. The normalized spacial score (nSPS) is 20.2. The molecule has 2 aliphatic carbocycles. The van der Waals surface area contributed by atoms with Crippen molar-refractivity contribution in [1.29, 1.82) is 0 Å². The molecule has 1 saturated carbocycles. The summed E-state index contributed by atoms with van der Waals surface area (Å²) < 4.78 is 52.3. The minimum absolute atomic E-state index is 0.00517. The Balaban J connectivity index is 1.34. The minimum Gasteiger partial charge on any atom is -0.497 e. The second-order valence-electron chi connectivity index (χ2n) is 21.1. The van der Waals surface area contributed by atoms with Crippen molar-refractivity contribution < 1.29 is 62.4 Å². The van der Waals surface area contributed by atoms with E-state index in [-0.39, 0.29) is 69.3 Å². The van der Waals surface area contributed by atoms with E-state index < -0.39 is 46.6 Å². The molecule has 438 valence electrons. The maximum Gasteiger partial charge on any atom is 0.417 e. The molecule has 4 aromatic carbocycles. The van der Waals surface area contributed by atoms with Crippen LogP contribution in [0.4, 0.5) is 25.4 Å². The summed E-state index contributed by atoms with van der Waals surface area (Å²) in [5, 5.41) is 39.4. The molecular weight excluding hydrogens is 1040 g/mol. The Bertz CT molecular complexity index is 2740. The molecule has 6 atom stereocenters. The Morgan fingerprint density at radius 3 is 2.20 bits per heavy atom. The van der Waals surface area contributed by atoms with Gasteiger partial charge in [0.25, 0.3) is 5.69 Å². The summed E-state index contributed by atoms with van der Waals surface area (Å²) in [7, 11) is 3.01. The predicted octanol–water partition coefficient (Wildman–Crippen LogP) is 13.8. The molecule has 0 bridgehead atoms. The average molecular weight is 1120 g/mol. The van der Waals surface area contributed by atoms with Crippen molar-refractivity contribution in [1.82, 2.24) is 4.90 Å². The highest BCUT2D eigenvalue weighted by Crippen LogP contribution is 2.62. The van der Waals surface area contributed by atoms with E-state index in [1.54, 1.807) is 71.6 Å². The summed E-state index contributed by atoms with van der Waals surface area (Å²) in [6.07, 6.45) is 17.3. The van der Waals surface area contributed by atoms with Gasteiger partial charge in [-0.15, -0.1) is 6.58 Å². The van der Waals surface area contributed by atoms with Crippen molar-refractivity contribution in [2.24, 2.45) is 22.9 Å². The van der Waals surface area contributed by atoms with Crippen LogP contribution in [0.15, 0.2) is 114 Å². The lowest BCUT2D eigenvalue weighted by molar-refractivity contribution is -0.384. The molecule has 4 aromatic rings. The Labute approximate surface area is 475 Å². The van der Waals surface area contributed by atoms with E-state index in [1.165, 1.54) is 77.0 Å². The fourth-order valence-corrected chi connectivity index (χ4v) is 11.7. The lowest BCUT2D eigenvalue weighted by atomic mass is 9.55. The van der Waals surface area contributed by atoms with Crippen LogP contribution in [0.1, 0.15) is 139 Å². The van der Waals surface area contributed by atoms with Crippen molar-refractivity contribution in [3.05, 3.63) is 142 Å². The number of anilines is 1. The van der Waals surface area contributed by atoms with Gasteiger partial charge in [-0.25, -0.2) is 14.0 Å². The van der Waals surface area contributed by atoms with Gasteiger partial charge >= 0.3 is 12.2 Å². The predicted molar refractivity (Wildman–Crippen MR) is 307 cm³/mol. The van der Waals surface area contributed by atoms with E-state index in [0.717, 1.165) is 24.8 Å². The molecule has 2 amide bonds. The summed E-state index contributed by atoms with van der Waals surface area (Å²) >= 11 is 0. The minimum atomic E-state index is -1.68. The van der Waals surface area contributed by atoms with Gasteiger partial charge in [-0.2, -0.15) is 0 Å². The first kappa shape index (κ1) is 61.6. The molecule has 1 aliphatic heterocycles. The van der Waals surface area contributed by atoms with Crippen molar-refractivity contribution in [3.8, 4) is 23.0 Å². The largest absolute Gasteiger partial charge is 0.497 e. The Morgan fingerprint density at radius 2 is 1.53 bits per heavy atom. The first-order chi connectivity index (χ1) is 39.5. The number of aliphatic hydroxyl groups excluding tert-OH is 2. The van der Waals surface area contributed by atoms with Gasteiger partial charge in [0.1, 0.15) is 41.5 Å². The van der Waals surface area contributed by atoms with E-state index in [4.69, 9.17) is 38.4 Å². The highest BCUT2D eigenvalue weighted by molar-refractivity contribution is 6.03. The Kier molecular flexibility index (Phi) is 23.8. The third kappa shape index (κ3) is 16.3. The summed E-state index contributed by atoms with van der Waals surface area (Å²) in [6.45, 7) is 6.34. The number of unbranched alkanes of at least 4 members (excludes halogenated alkanes) is 11. The van der Waals surface area contributed by atoms with Gasteiger partial charge in [0.15, 0.2) is 0 Å². The molecule has 1 fully saturated rings. The van der Waals surface area contributed by atoms with Crippen LogP contribution >= 0.6 is 0 Å². The second-order valence-corrected chi connectivity index (χ2v) is 21.1. The number of nitrogens with one attached hydrogen (secondary N) is 1. The molecule has 1 heterocycles. The molecule has 17 nitrogen and oxygen atoms in total. The van der Waals surface area contributed by atoms with Gasteiger partial charge in [-0.05, 0) is 115 Å². The van der Waals surface area contributed by atoms with Crippen LogP contribution in [0.3, 0.4) is 0 Å². The molecule has 0 aromatic heterocycles. The monoisotopic (exact) mass is 1120 g/mol. The number of nitrogens with zero attached hydrogens (tertiary/aromatic N) is 3. The zero-order valence-electron chi connectivity index (χ0n) is 47.2. The zero-order chi connectivity index (χ0) is 57.6. The van der Waals surface area contributed by atoms with Crippen molar-refractivity contribution >= 4 is 29.3 Å². The van der Waals surface area contributed by atoms with Crippen molar-refractivity contribution in [2.75, 3.05) is 46.0 Å². The summed E-state index contributed by atoms with van der Waals surface area (Å²) in [6, 6.07) is 21.1. The lowest BCUT2D eigenvalue weighted by Crippen LogP contribution is -2.70. The van der Waals surface area contributed by atoms with Crippen molar-refractivity contribution in [3.63, 3.8) is 0 Å². The van der Waals surface area contributed by atoms with Crippen LogP contribution in [0.25, 0.3) is 0 Å². The van der Waals surface area contributed by atoms with Gasteiger partial charge in [0, 0.05) is 55.9 Å². The number of benzene rings is 4. The number of fused-ring (bicyclic) bond motifs is 2. The molecule has 0 radical (unpaired) electrons. The standard InChI is InChI=1S/C63H81FN4O13/c1-5-7-8-9-10-11-12-13-14-19-37-77-62(72)67(42-44-22-26-47(64)27-23-44)58-41-55(66-79-43-45-24-28-48(29-25-45)68(73)74)52-38-46(20-15-17-34-69)51(21-16-18-35-70)59-53-39-50(31-33-56(53)81-63(58,60(52)59)78-36-6-2)80-61(71)65-54-32-30-49(75-3)40-57(54)76-4/h6,22-33,38-40,46,51,58-60,69-70H,2,5,7-21,34-37,41-43H2,1,3-4H3,(H,65,71)/t46-,51+,58-,59+,60+,63+/m0/s1. The van der Waals surface area contributed by atoms with E-state index in [2.05, 4.69) is 24.9 Å².